The second-order valence-corrected chi connectivity index (χ2v) is 21.3. The lowest BCUT2D eigenvalue weighted by Crippen LogP contribution is -2.61. The third-order valence-corrected chi connectivity index (χ3v) is 13.2. The number of rotatable bonds is 42. The van der Waals surface area contributed by atoms with E-state index in [9.17, 15) is 73.2 Å². The lowest BCUT2D eigenvalue weighted by molar-refractivity contribution is -0.143. The van der Waals surface area contributed by atoms with Gasteiger partial charge in [-0.3, -0.25) is 52.9 Å². The van der Waals surface area contributed by atoms with Crippen molar-refractivity contribution >= 4 is 82.8 Å². The van der Waals surface area contributed by atoms with Crippen LogP contribution < -0.4 is 81.8 Å². The van der Waals surface area contributed by atoms with E-state index in [1.807, 2.05) is 0 Å². The number of hydrogen-bond donors (Lipinski definition) is 19. The molecule has 0 aliphatic heterocycles. The van der Waals surface area contributed by atoms with Crippen LogP contribution in [0.5, 0.6) is 5.75 Å². The van der Waals surface area contributed by atoms with Gasteiger partial charge in [0.15, 0.2) is 5.96 Å². The lowest BCUT2D eigenvalue weighted by atomic mass is 10.0. The number of benzene rings is 1. The van der Waals surface area contributed by atoms with Crippen LogP contribution in [0.2, 0.25) is 0 Å². The third kappa shape index (κ3) is 30.2. The molecule has 474 valence electrons. The van der Waals surface area contributed by atoms with Gasteiger partial charge in [-0.25, -0.2) is 4.79 Å². The quantitative estimate of drug-likeness (QED) is 0.0165. The number of nitrogens with zero attached hydrogens (tertiary/aromatic N) is 1. The van der Waals surface area contributed by atoms with Crippen molar-refractivity contribution in [2.24, 2.45) is 39.6 Å². The van der Waals surface area contributed by atoms with Crippen molar-refractivity contribution in [3.05, 3.63) is 29.8 Å². The zero-order valence-electron chi connectivity index (χ0n) is 48.4. The number of carboxylic acids is 1. The molecule has 0 radical (unpaired) electrons. The maximum Gasteiger partial charge on any atom is 0.326 e. The van der Waals surface area contributed by atoms with E-state index in [1.54, 1.807) is 32.2 Å². The van der Waals surface area contributed by atoms with E-state index in [2.05, 4.69) is 58.2 Å². The zero-order chi connectivity index (χ0) is 63.5. The first-order chi connectivity index (χ1) is 39.7. The van der Waals surface area contributed by atoms with Crippen molar-refractivity contribution in [1.82, 2.24) is 53.2 Å². The third-order valence-electron chi connectivity index (χ3n) is 12.6. The number of aliphatic hydroxyl groups is 2. The molecular weight excluding hydrogens is 1120 g/mol. The molecule has 24 N–H and O–H groups in total. The highest BCUT2D eigenvalue weighted by atomic mass is 32.2. The number of carbonyl (C=O) groups excluding carboxylic acids is 10. The number of hydrogen-bond acceptors (Lipinski definition) is 19. The number of thioether (sulfide) groups is 1. The SMILES string of the molecule is CSCC[C@H](NC(=O)[C@H](C)NC(=O)[C@H](CC(C)C)NC(=O)[C@@H](NC(=O)[C@H](CCCN=C(N)N)NC(=O)[C@H](CCCCN)NC(=O)CNC(=O)CNC(=O)[C@@H](N)Cc1ccc(O)cc1)[C@@H](C)O)C(=O)N[C@@H](CO)C(=O)N[C@@H](CCCCN)C(=O)O. The Balaban J connectivity index is 3.22. The predicted molar refractivity (Wildman–Crippen MR) is 312 cm³/mol. The van der Waals surface area contributed by atoms with Crippen molar-refractivity contribution in [1.29, 1.82) is 0 Å². The summed E-state index contributed by atoms with van der Waals surface area (Å²) in [6.45, 7) is 4.39. The van der Waals surface area contributed by atoms with Crippen LogP contribution in [0.25, 0.3) is 0 Å². The van der Waals surface area contributed by atoms with Gasteiger partial charge in [0.2, 0.25) is 59.1 Å². The molecule has 32 heteroatoms. The van der Waals surface area contributed by atoms with Gasteiger partial charge in [0, 0.05) is 6.54 Å². The topological polar surface area (TPSA) is 531 Å². The van der Waals surface area contributed by atoms with Gasteiger partial charge in [0.05, 0.1) is 31.8 Å². The second kappa shape index (κ2) is 40.8. The Kier molecular flexibility index (Phi) is 36.2. The molecule has 0 unspecified atom stereocenters. The summed E-state index contributed by atoms with van der Waals surface area (Å²) in [6.07, 6.45) is 1.88. The van der Waals surface area contributed by atoms with Crippen LogP contribution in [0.15, 0.2) is 29.3 Å². The second-order valence-electron chi connectivity index (χ2n) is 20.3. The lowest BCUT2D eigenvalue weighted by Gasteiger charge is -2.28. The fourth-order valence-corrected chi connectivity index (χ4v) is 8.33. The van der Waals surface area contributed by atoms with Gasteiger partial charge in [0.1, 0.15) is 54.1 Å². The Labute approximate surface area is 492 Å². The molecule has 10 atom stereocenters. The Bertz CT molecular complexity index is 2330. The van der Waals surface area contributed by atoms with Crippen LogP contribution in [-0.4, -0.2) is 203 Å². The zero-order valence-corrected chi connectivity index (χ0v) is 49.2. The maximum atomic E-state index is 14.1. The molecular formula is C52H90N16O15S. The van der Waals surface area contributed by atoms with Crippen LogP contribution in [0.1, 0.15) is 97.5 Å². The highest BCUT2D eigenvalue weighted by molar-refractivity contribution is 7.98. The number of amides is 10. The Morgan fingerprint density at radius 3 is 1.61 bits per heavy atom. The number of aliphatic imine (C=N–C) groups is 1. The summed E-state index contributed by atoms with van der Waals surface area (Å²) in [7, 11) is 0. The molecule has 0 heterocycles. The van der Waals surface area contributed by atoms with E-state index >= 15 is 0 Å². The summed E-state index contributed by atoms with van der Waals surface area (Å²) < 4.78 is 0. The molecule has 0 aromatic heterocycles. The summed E-state index contributed by atoms with van der Waals surface area (Å²) in [4.78, 5) is 150. The van der Waals surface area contributed by atoms with E-state index in [4.69, 9.17) is 28.7 Å². The number of aliphatic hydroxyl groups excluding tert-OH is 2. The van der Waals surface area contributed by atoms with Crippen molar-refractivity contribution in [2.45, 2.75) is 159 Å². The van der Waals surface area contributed by atoms with Gasteiger partial charge in [-0.2, -0.15) is 11.8 Å². The average molecular weight is 1210 g/mol. The van der Waals surface area contributed by atoms with Crippen molar-refractivity contribution in [3.8, 4) is 5.75 Å². The minimum Gasteiger partial charge on any atom is -0.508 e. The van der Waals surface area contributed by atoms with Gasteiger partial charge < -0.3 is 102 Å². The number of nitrogens with two attached hydrogens (primary N) is 5. The number of guanidine groups is 1. The molecule has 0 saturated heterocycles. The number of carbonyl (C=O) groups is 11. The van der Waals surface area contributed by atoms with E-state index in [1.165, 1.54) is 37.7 Å². The highest BCUT2D eigenvalue weighted by Gasteiger charge is 2.35. The first-order valence-corrected chi connectivity index (χ1v) is 29.0. The molecule has 10 amide bonds. The summed E-state index contributed by atoms with van der Waals surface area (Å²) in [5.74, 6) is -10.3. The fourth-order valence-electron chi connectivity index (χ4n) is 7.86. The summed E-state index contributed by atoms with van der Waals surface area (Å²) >= 11 is 1.33. The largest absolute Gasteiger partial charge is 0.508 e. The summed E-state index contributed by atoms with van der Waals surface area (Å²) in [5.41, 5.74) is 28.8. The number of unbranched alkanes of at least 4 members (excludes halogenated alkanes) is 2. The van der Waals surface area contributed by atoms with E-state index < -0.39 is 145 Å². The fraction of sp³-hybridized carbons (Fsp3) is 0.654. The Morgan fingerprint density at radius 2 is 1.06 bits per heavy atom. The normalized spacial score (nSPS) is 14.6. The van der Waals surface area contributed by atoms with Crippen LogP contribution in [0, 0.1) is 5.92 Å². The monoisotopic (exact) mass is 1210 g/mol. The van der Waals surface area contributed by atoms with E-state index in [0.29, 0.717) is 43.5 Å². The smallest absolute Gasteiger partial charge is 0.326 e. The van der Waals surface area contributed by atoms with Crippen LogP contribution in [0.3, 0.4) is 0 Å². The number of phenols is 1. The molecule has 0 bridgehead atoms. The van der Waals surface area contributed by atoms with Gasteiger partial charge in [-0.1, -0.05) is 26.0 Å². The summed E-state index contributed by atoms with van der Waals surface area (Å²) in [6, 6.07) is -6.48. The molecule has 0 spiro atoms. The van der Waals surface area contributed by atoms with Crippen LogP contribution in [-0.2, 0) is 59.2 Å². The number of phenolic OH excluding ortho intramolecular Hbond substituents is 1. The molecule has 0 saturated carbocycles. The molecule has 84 heavy (non-hydrogen) atoms. The number of carboxylic acid groups (broad SMARTS) is 1. The molecule has 1 aromatic rings. The van der Waals surface area contributed by atoms with Gasteiger partial charge in [-0.05, 0) is 133 Å². The van der Waals surface area contributed by atoms with E-state index in [0.717, 1.165) is 0 Å². The first kappa shape index (κ1) is 74.6. The number of aliphatic carboxylic acids is 1. The van der Waals surface area contributed by atoms with Gasteiger partial charge in [0.25, 0.3) is 0 Å². The number of aromatic hydroxyl groups is 1. The molecule has 1 aromatic carbocycles. The maximum absolute atomic E-state index is 14.1. The molecule has 1 rings (SSSR count). The van der Waals surface area contributed by atoms with Crippen molar-refractivity contribution in [3.63, 3.8) is 0 Å². The van der Waals surface area contributed by atoms with Crippen LogP contribution in [0.4, 0.5) is 0 Å². The standard InChI is InChI=1S/C52H90N16O15S/c1-28(2)23-38(48(79)61-29(3)43(74)63-36(18-22-84-5)46(77)67-39(27-69)49(80)65-37(51(82)83)12-7-9-20-54)66-50(81)42(30(4)70)68-47(78)35(13-10-21-58-52(56)57)64-45(76)34(11-6-8-19-53)62-41(73)26-59-40(72)25-60-44(75)33(55)24-31-14-16-32(71)17-15-31/h14-17,28-30,33-39,42,69-71H,6-13,18-27,53-55H2,1-5H3,(H,59,72)(H,60,75)(H,61,79)(H,62,73)(H,63,74)(H,64,76)(H,65,80)(H,66,81)(H,67,77)(H,68,78)(H,82,83)(H4,56,57,58)/t29-,30+,33-,34-,35-,36-,37-,38-,39-,42-/m0/s1. The summed E-state index contributed by atoms with van der Waals surface area (Å²) in [5, 5.41) is 64.3. The molecule has 0 fully saturated rings. The minimum atomic E-state index is -1.76. The Hall–Kier alpha value is -7.39. The molecule has 31 nitrogen and oxygen atoms in total. The Morgan fingerprint density at radius 1 is 0.571 bits per heavy atom. The highest BCUT2D eigenvalue weighted by Crippen LogP contribution is 2.13. The predicted octanol–water partition coefficient (Wildman–Crippen LogP) is -6.04. The molecule has 0 aliphatic rings. The average Bonchev–Trinajstić information content (AvgIpc) is 3.52. The number of nitrogens with one attached hydrogen (secondary N) is 10. The van der Waals surface area contributed by atoms with Gasteiger partial charge in [-0.15, -0.1) is 0 Å². The first-order valence-electron chi connectivity index (χ1n) is 27.6. The van der Waals surface area contributed by atoms with Crippen molar-refractivity contribution < 1.29 is 73.2 Å². The van der Waals surface area contributed by atoms with Crippen LogP contribution >= 0.6 is 11.8 Å². The minimum absolute atomic E-state index is 0.00640. The van der Waals surface area contributed by atoms with Gasteiger partial charge >= 0.3 is 5.97 Å². The van der Waals surface area contributed by atoms with E-state index in [-0.39, 0.29) is 75.7 Å². The molecule has 0 aliphatic carbocycles. The van der Waals surface area contributed by atoms with Crippen molar-refractivity contribution in [2.75, 3.05) is 51.3 Å².